The van der Waals surface area contributed by atoms with Gasteiger partial charge in [0.25, 0.3) is 0 Å². The molecule has 0 aromatic heterocycles. The molecule has 0 fully saturated rings. The summed E-state index contributed by atoms with van der Waals surface area (Å²) in [7, 11) is 0. The van der Waals surface area contributed by atoms with Crippen LogP contribution in [0, 0.1) is 5.82 Å². The summed E-state index contributed by atoms with van der Waals surface area (Å²) in [4.78, 5) is 0. The van der Waals surface area contributed by atoms with Gasteiger partial charge in [-0.2, -0.15) is 0 Å². The molecule has 1 aliphatic rings. The highest BCUT2D eigenvalue weighted by Crippen LogP contribution is 2.31. The first kappa shape index (κ1) is 12.3. The van der Waals surface area contributed by atoms with Gasteiger partial charge in [-0.15, -0.1) is 0 Å². The number of rotatable bonds is 5. The van der Waals surface area contributed by atoms with Crippen LogP contribution in [0.4, 0.5) is 4.39 Å². The van der Waals surface area contributed by atoms with Gasteiger partial charge in [-0.3, -0.25) is 0 Å². The summed E-state index contributed by atoms with van der Waals surface area (Å²) in [5.41, 5.74) is 2.14. The van der Waals surface area contributed by atoms with Crippen LogP contribution in [0.1, 0.15) is 44.2 Å². The zero-order chi connectivity index (χ0) is 12.1. The number of nitrogens with one attached hydrogen (secondary N) is 1. The lowest BCUT2D eigenvalue weighted by Crippen LogP contribution is -2.24. The van der Waals surface area contributed by atoms with Crippen molar-refractivity contribution in [3.05, 3.63) is 47.3 Å². The number of hydrogen-bond donors (Lipinski definition) is 1. The van der Waals surface area contributed by atoms with Gasteiger partial charge in [0.2, 0.25) is 0 Å². The average molecular weight is 233 g/mol. The van der Waals surface area contributed by atoms with Crippen LogP contribution in [0.3, 0.4) is 0 Å². The van der Waals surface area contributed by atoms with E-state index in [0.29, 0.717) is 0 Å². The van der Waals surface area contributed by atoms with Gasteiger partial charge in [0.15, 0.2) is 0 Å². The lowest BCUT2D eigenvalue weighted by Gasteiger charge is -2.21. The molecule has 0 spiro atoms. The first-order valence-electron chi connectivity index (χ1n) is 6.49. The molecular weight excluding hydrogens is 213 g/mol. The molecule has 1 unspecified atom stereocenters. The number of allylic oxidation sites excluding steroid dienone is 1. The van der Waals surface area contributed by atoms with Crippen molar-refractivity contribution in [2.75, 3.05) is 6.54 Å². The molecule has 0 saturated carbocycles. The summed E-state index contributed by atoms with van der Waals surface area (Å²) in [5, 5.41) is 3.46. The van der Waals surface area contributed by atoms with Gasteiger partial charge in [-0.05, 0) is 38.3 Å². The molecule has 0 bridgehead atoms. The summed E-state index contributed by atoms with van der Waals surface area (Å²) in [6.45, 7) is 3.06. The van der Waals surface area contributed by atoms with E-state index in [9.17, 15) is 4.39 Å². The Labute approximate surface area is 103 Å². The molecule has 92 valence electrons. The van der Waals surface area contributed by atoms with Crippen LogP contribution in [0.25, 0.3) is 0 Å². The van der Waals surface area contributed by atoms with Crippen LogP contribution < -0.4 is 5.32 Å². The molecule has 2 heteroatoms. The van der Waals surface area contributed by atoms with Crippen LogP contribution in [0.5, 0.6) is 0 Å². The predicted octanol–water partition coefficient (Wildman–Crippen LogP) is 3.98. The summed E-state index contributed by atoms with van der Waals surface area (Å²) < 4.78 is 13.9. The Bertz CT molecular complexity index is 398. The molecule has 1 nitrogen and oxygen atoms in total. The van der Waals surface area contributed by atoms with E-state index in [-0.39, 0.29) is 11.9 Å². The Kier molecular flexibility index (Phi) is 4.32. The van der Waals surface area contributed by atoms with Crippen molar-refractivity contribution in [3.8, 4) is 0 Å². The van der Waals surface area contributed by atoms with E-state index in [4.69, 9.17) is 0 Å². The molecule has 0 heterocycles. The van der Waals surface area contributed by atoms with Gasteiger partial charge in [0.1, 0.15) is 5.82 Å². The molecule has 0 radical (unpaired) electrons. The Balaban J connectivity index is 2.23. The van der Waals surface area contributed by atoms with Crippen molar-refractivity contribution in [2.24, 2.45) is 0 Å². The summed E-state index contributed by atoms with van der Waals surface area (Å²) in [5.74, 6) is -0.103. The quantitative estimate of drug-likeness (QED) is 0.759. The Hall–Kier alpha value is -1.15. The molecular formula is C15H20FN. The first-order valence-corrected chi connectivity index (χ1v) is 6.49. The highest BCUT2D eigenvalue weighted by atomic mass is 19.1. The number of hydrogen-bond acceptors (Lipinski definition) is 1. The van der Waals surface area contributed by atoms with Gasteiger partial charge in [-0.25, -0.2) is 4.39 Å². The maximum Gasteiger partial charge on any atom is 0.128 e. The van der Waals surface area contributed by atoms with Crippen molar-refractivity contribution < 1.29 is 4.39 Å². The fourth-order valence-corrected chi connectivity index (χ4v) is 2.40. The fraction of sp³-hybridized carbons (Fsp3) is 0.467. The smallest absolute Gasteiger partial charge is 0.128 e. The fourth-order valence-electron chi connectivity index (χ4n) is 2.40. The molecule has 0 aliphatic heterocycles. The van der Waals surface area contributed by atoms with Crippen molar-refractivity contribution in [2.45, 2.75) is 38.6 Å². The van der Waals surface area contributed by atoms with Crippen LogP contribution >= 0.6 is 0 Å². The van der Waals surface area contributed by atoms with E-state index in [1.165, 1.54) is 12.0 Å². The van der Waals surface area contributed by atoms with Crippen LogP contribution in [0.2, 0.25) is 0 Å². The molecule has 1 N–H and O–H groups in total. The van der Waals surface area contributed by atoms with Crippen molar-refractivity contribution in [3.63, 3.8) is 0 Å². The average Bonchev–Trinajstić information content (AvgIpc) is 2.85. The van der Waals surface area contributed by atoms with Crippen molar-refractivity contribution in [1.82, 2.24) is 5.32 Å². The third-order valence-corrected chi connectivity index (χ3v) is 3.26. The number of halogens is 1. The largest absolute Gasteiger partial charge is 0.306 e. The first-order chi connectivity index (χ1) is 8.33. The SMILES string of the molecule is CCCNC(C1=CCCC1)c1ccccc1F. The molecule has 1 atom stereocenters. The predicted molar refractivity (Wildman–Crippen MR) is 69.4 cm³/mol. The minimum atomic E-state index is -0.103. The standard InChI is InChI=1S/C15H20FN/c1-2-11-17-15(12-7-3-4-8-12)13-9-5-6-10-14(13)16/h5-7,9-10,15,17H,2-4,8,11H2,1H3. The lowest BCUT2D eigenvalue weighted by atomic mass is 9.97. The highest BCUT2D eigenvalue weighted by molar-refractivity contribution is 5.30. The Morgan fingerprint density at radius 3 is 2.82 bits per heavy atom. The van der Waals surface area contributed by atoms with E-state index in [2.05, 4.69) is 18.3 Å². The van der Waals surface area contributed by atoms with Gasteiger partial charge in [0, 0.05) is 5.56 Å². The van der Waals surface area contributed by atoms with E-state index in [0.717, 1.165) is 31.4 Å². The van der Waals surface area contributed by atoms with Crippen LogP contribution in [-0.4, -0.2) is 6.54 Å². The third kappa shape index (κ3) is 2.95. The van der Waals surface area contributed by atoms with Crippen molar-refractivity contribution >= 4 is 0 Å². The molecule has 0 saturated heterocycles. The summed E-state index contributed by atoms with van der Waals surface area (Å²) in [6, 6.07) is 7.17. The van der Waals surface area contributed by atoms with Gasteiger partial charge >= 0.3 is 0 Å². The van der Waals surface area contributed by atoms with E-state index < -0.39 is 0 Å². The normalized spacial score (nSPS) is 16.9. The van der Waals surface area contributed by atoms with Gasteiger partial charge in [0.05, 0.1) is 6.04 Å². The zero-order valence-electron chi connectivity index (χ0n) is 10.4. The zero-order valence-corrected chi connectivity index (χ0v) is 10.4. The Morgan fingerprint density at radius 1 is 1.35 bits per heavy atom. The van der Waals surface area contributed by atoms with Crippen molar-refractivity contribution in [1.29, 1.82) is 0 Å². The van der Waals surface area contributed by atoms with Gasteiger partial charge < -0.3 is 5.32 Å². The Morgan fingerprint density at radius 2 is 2.18 bits per heavy atom. The molecule has 1 aromatic carbocycles. The molecule has 0 amide bonds. The lowest BCUT2D eigenvalue weighted by molar-refractivity contribution is 0.534. The summed E-state index contributed by atoms with van der Waals surface area (Å²) >= 11 is 0. The number of benzene rings is 1. The topological polar surface area (TPSA) is 12.0 Å². The summed E-state index contributed by atoms with van der Waals surface area (Å²) in [6.07, 6.45) is 6.76. The minimum Gasteiger partial charge on any atom is -0.306 e. The van der Waals surface area contributed by atoms with Crippen LogP contribution in [-0.2, 0) is 0 Å². The molecule has 1 aliphatic carbocycles. The van der Waals surface area contributed by atoms with Gasteiger partial charge in [-0.1, -0.05) is 36.8 Å². The highest BCUT2D eigenvalue weighted by Gasteiger charge is 2.20. The van der Waals surface area contributed by atoms with E-state index in [1.807, 2.05) is 12.1 Å². The molecule has 1 aromatic rings. The second-order valence-corrected chi connectivity index (χ2v) is 4.58. The van der Waals surface area contributed by atoms with Crippen LogP contribution in [0.15, 0.2) is 35.9 Å². The monoisotopic (exact) mass is 233 g/mol. The second-order valence-electron chi connectivity index (χ2n) is 4.58. The van der Waals surface area contributed by atoms with E-state index in [1.54, 1.807) is 12.1 Å². The van der Waals surface area contributed by atoms with E-state index >= 15 is 0 Å². The molecule has 17 heavy (non-hydrogen) atoms. The minimum absolute atomic E-state index is 0.0682. The second kappa shape index (κ2) is 5.97. The molecule has 2 rings (SSSR count). The third-order valence-electron chi connectivity index (χ3n) is 3.26. The maximum atomic E-state index is 13.9. The maximum absolute atomic E-state index is 13.9.